The lowest BCUT2D eigenvalue weighted by molar-refractivity contribution is -0.154. The Labute approximate surface area is 266 Å². The van der Waals surface area contributed by atoms with Crippen molar-refractivity contribution in [3.63, 3.8) is 0 Å². The number of carbonyl (C=O) groups excluding carboxylic acids is 1. The number of hydrogen-bond donors (Lipinski definition) is 1. The number of ether oxygens (including phenoxy) is 2. The van der Waals surface area contributed by atoms with Crippen molar-refractivity contribution in [2.24, 2.45) is 0 Å². The van der Waals surface area contributed by atoms with E-state index in [2.05, 4.69) is 80.7 Å². The van der Waals surface area contributed by atoms with Crippen LogP contribution < -0.4 is 0 Å². The smallest absolute Gasteiger partial charge is 0.306 e. The highest BCUT2D eigenvalue weighted by Crippen LogP contribution is 2.11. The molecule has 0 bridgehead atoms. The Balaban J connectivity index is 3.57. The van der Waals surface area contributed by atoms with Gasteiger partial charge in [0.05, 0.1) is 13.2 Å². The van der Waals surface area contributed by atoms with Crippen molar-refractivity contribution in [3.8, 4) is 0 Å². The molecule has 4 heteroatoms. The number of aliphatic hydroxyl groups is 1. The minimum Gasteiger partial charge on any atom is -0.457 e. The molecule has 0 aromatic rings. The van der Waals surface area contributed by atoms with Crippen LogP contribution in [0.15, 0.2) is 72.9 Å². The van der Waals surface area contributed by atoms with Crippen LogP contribution in [0.5, 0.6) is 0 Å². The fraction of sp³-hybridized carbons (Fsp3) is 0.667. The highest BCUT2D eigenvalue weighted by Gasteiger charge is 2.13. The monoisotopic (exact) mass is 598 g/mol. The molecule has 0 saturated carbocycles. The molecule has 0 aliphatic rings. The summed E-state index contributed by atoms with van der Waals surface area (Å²) in [6.45, 7) is 5.09. The first kappa shape index (κ1) is 40.8. The zero-order chi connectivity index (χ0) is 31.3. The highest BCUT2D eigenvalue weighted by atomic mass is 16.6. The van der Waals surface area contributed by atoms with Crippen molar-refractivity contribution in [3.05, 3.63) is 72.9 Å². The van der Waals surface area contributed by atoms with Gasteiger partial charge in [0.1, 0.15) is 6.10 Å². The summed E-state index contributed by atoms with van der Waals surface area (Å²) in [6.07, 6.45) is 48.1. The maximum Gasteiger partial charge on any atom is 0.306 e. The lowest BCUT2D eigenvalue weighted by Crippen LogP contribution is -2.27. The Hall–Kier alpha value is -2.17. The van der Waals surface area contributed by atoms with E-state index >= 15 is 0 Å². The second-order valence-corrected chi connectivity index (χ2v) is 11.2. The molecule has 1 atom stereocenters. The third-order valence-electron chi connectivity index (χ3n) is 7.03. The van der Waals surface area contributed by atoms with E-state index in [0.29, 0.717) is 19.4 Å². The minimum atomic E-state index is -0.577. The summed E-state index contributed by atoms with van der Waals surface area (Å²) >= 11 is 0. The third kappa shape index (κ3) is 34.2. The molecule has 0 radical (unpaired) electrons. The lowest BCUT2D eigenvalue weighted by Gasteiger charge is -2.15. The molecule has 246 valence electrons. The predicted octanol–water partition coefficient (Wildman–Crippen LogP) is 11.1. The number of carbonyl (C=O) groups is 1. The molecule has 43 heavy (non-hydrogen) atoms. The van der Waals surface area contributed by atoms with Gasteiger partial charge in [-0.15, -0.1) is 0 Å². The maximum absolute atomic E-state index is 12.1. The van der Waals surface area contributed by atoms with Crippen LogP contribution in [0, 0.1) is 0 Å². The van der Waals surface area contributed by atoms with Crippen LogP contribution >= 0.6 is 0 Å². The summed E-state index contributed by atoms with van der Waals surface area (Å²) in [7, 11) is 0. The molecule has 1 N–H and O–H groups in total. The van der Waals surface area contributed by atoms with Gasteiger partial charge in [0.2, 0.25) is 0 Å². The van der Waals surface area contributed by atoms with E-state index in [1.807, 2.05) is 6.08 Å². The zero-order valence-electron chi connectivity index (χ0n) is 27.9. The molecule has 4 nitrogen and oxygen atoms in total. The number of unbranched alkanes of at least 4 members (excludes halogenated alkanes) is 11. The van der Waals surface area contributed by atoms with Gasteiger partial charge in [0.25, 0.3) is 0 Å². The molecule has 0 amide bonds. The van der Waals surface area contributed by atoms with Crippen LogP contribution in [0.4, 0.5) is 0 Å². The van der Waals surface area contributed by atoms with Gasteiger partial charge in [0, 0.05) is 13.0 Å². The fourth-order valence-electron chi connectivity index (χ4n) is 4.43. The summed E-state index contributed by atoms with van der Waals surface area (Å²) in [5.74, 6) is -0.286. The minimum absolute atomic E-state index is 0.207. The number of hydrogen-bond acceptors (Lipinski definition) is 4. The van der Waals surface area contributed by atoms with Crippen molar-refractivity contribution in [1.29, 1.82) is 0 Å². The Morgan fingerprint density at radius 2 is 1.05 bits per heavy atom. The molecule has 1 unspecified atom stereocenters. The molecule has 0 aromatic heterocycles. The Morgan fingerprint density at radius 3 is 1.58 bits per heavy atom. The number of aliphatic hydroxyl groups excluding tert-OH is 1. The third-order valence-corrected chi connectivity index (χ3v) is 7.03. The summed E-state index contributed by atoms with van der Waals surface area (Å²) in [5, 5.41) is 9.52. The van der Waals surface area contributed by atoms with E-state index in [1.54, 1.807) is 0 Å². The first-order chi connectivity index (χ1) is 21.2. The molecule has 0 fully saturated rings. The lowest BCUT2D eigenvalue weighted by atomic mass is 10.1. The molecular weight excluding hydrogens is 532 g/mol. The molecule has 0 saturated heterocycles. The maximum atomic E-state index is 12.1. The van der Waals surface area contributed by atoms with Crippen molar-refractivity contribution in [2.45, 2.75) is 148 Å². The van der Waals surface area contributed by atoms with E-state index < -0.39 is 6.10 Å². The van der Waals surface area contributed by atoms with Crippen molar-refractivity contribution >= 4 is 5.97 Å². The van der Waals surface area contributed by atoms with Crippen LogP contribution in [0.3, 0.4) is 0 Å². The Kier molecular flexibility index (Phi) is 34.2. The van der Waals surface area contributed by atoms with Gasteiger partial charge in [-0.3, -0.25) is 4.79 Å². The largest absolute Gasteiger partial charge is 0.457 e. The van der Waals surface area contributed by atoms with Crippen molar-refractivity contribution in [1.82, 2.24) is 0 Å². The average Bonchev–Trinajstić information content (AvgIpc) is 3.01. The number of allylic oxidation sites excluding steroid dienone is 12. The topological polar surface area (TPSA) is 55.8 Å². The van der Waals surface area contributed by atoms with Gasteiger partial charge < -0.3 is 14.6 Å². The molecule has 0 aliphatic carbocycles. The van der Waals surface area contributed by atoms with Crippen molar-refractivity contribution in [2.75, 3.05) is 19.8 Å². The molecular formula is C39H66O4. The average molecular weight is 599 g/mol. The second kappa shape index (κ2) is 36.0. The predicted molar refractivity (Wildman–Crippen MR) is 186 cm³/mol. The second-order valence-electron chi connectivity index (χ2n) is 11.2. The molecule has 0 heterocycles. The first-order valence-corrected chi connectivity index (χ1v) is 17.5. The van der Waals surface area contributed by atoms with E-state index in [0.717, 1.165) is 44.9 Å². The molecule has 0 aliphatic heterocycles. The zero-order valence-corrected chi connectivity index (χ0v) is 27.9. The summed E-state index contributed by atoms with van der Waals surface area (Å²) < 4.78 is 11.0. The standard InChI is InChI=1S/C39H66O4/c1-3-5-7-9-11-13-15-17-18-19-20-21-23-25-27-29-31-33-35-42-37-38(36-40)43-39(41)34-32-30-28-26-24-22-16-14-12-10-8-6-4-2/h6,8,11-14,17-18,22,24,28,30,38,40H,3-5,7,9-10,15-16,19-21,23,25-27,29,31-37H2,1-2H3/b8-6-,13-11-,14-12-,18-17-,24-22-,30-28-. The van der Waals surface area contributed by atoms with Crippen LogP contribution in [0.1, 0.15) is 142 Å². The molecule has 0 aromatic carbocycles. The van der Waals surface area contributed by atoms with Crippen molar-refractivity contribution < 1.29 is 19.4 Å². The van der Waals surface area contributed by atoms with E-state index in [1.165, 1.54) is 70.6 Å². The van der Waals surface area contributed by atoms with Gasteiger partial charge in [-0.1, -0.05) is 138 Å². The first-order valence-electron chi connectivity index (χ1n) is 17.5. The van der Waals surface area contributed by atoms with E-state index in [-0.39, 0.29) is 19.2 Å². The van der Waals surface area contributed by atoms with Crippen LogP contribution in [-0.2, 0) is 14.3 Å². The van der Waals surface area contributed by atoms with E-state index in [4.69, 9.17) is 9.47 Å². The molecule has 0 rings (SSSR count). The quantitative estimate of drug-likeness (QED) is 0.0490. The number of esters is 1. The fourth-order valence-corrected chi connectivity index (χ4v) is 4.43. The van der Waals surface area contributed by atoms with Gasteiger partial charge in [-0.2, -0.15) is 0 Å². The van der Waals surface area contributed by atoms with E-state index in [9.17, 15) is 9.90 Å². The summed E-state index contributed by atoms with van der Waals surface area (Å²) in [6, 6.07) is 0. The summed E-state index contributed by atoms with van der Waals surface area (Å²) in [5.41, 5.74) is 0. The van der Waals surface area contributed by atoms with Gasteiger partial charge in [-0.05, 0) is 70.6 Å². The Bertz CT molecular complexity index is 759. The highest BCUT2D eigenvalue weighted by molar-refractivity contribution is 5.69. The van der Waals surface area contributed by atoms with Gasteiger partial charge in [-0.25, -0.2) is 0 Å². The van der Waals surface area contributed by atoms with Gasteiger partial charge in [0.15, 0.2) is 0 Å². The number of rotatable bonds is 31. The summed E-state index contributed by atoms with van der Waals surface area (Å²) in [4.78, 5) is 12.1. The normalized spacial score (nSPS) is 13.3. The van der Waals surface area contributed by atoms with Gasteiger partial charge >= 0.3 is 5.97 Å². The SMILES string of the molecule is CC/C=C\C/C=C\C/C=C\C/C=C\CCC(=O)OC(CO)COCCCCCCCCCC/C=C\C/C=C\CCCCC. The molecule has 0 spiro atoms. The van der Waals surface area contributed by atoms with Crippen LogP contribution in [0.25, 0.3) is 0 Å². The Morgan fingerprint density at radius 1 is 0.581 bits per heavy atom. The van der Waals surface area contributed by atoms with Crippen LogP contribution in [0.2, 0.25) is 0 Å². The van der Waals surface area contributed by atoms with Crippen LogP contribution in [-0.4, -0.2) is 37.0 Å².